The van der Waals surface area contributed by atoms with Crippen molar-refractivity contribution >= 4 is 29.2 Å². The summed E-state index contributed by atoms with van der Waals surface area (Å²) in [6.07, 6.45) is 1.62. The smallest absolute Gasteiger partial charge is 0.229 e. The highest BCUT2D eigenvalue weighted by Crippen LogP contribution is 2.12. The Bertz CT molecular complexity index is 983. The molecule has 156 valence electrons. The van der Waals surface area contributed by atoms with E-state index >= 15 is 0 Å². The van der Waals surface area contributed by atoms with Gasteiger partial charge < -0.3 is 19.8 Å². The second-order valence-corrected chi connectivity index (χ2v) is 6.91. The zero-order valence-electron chi connectivity index (χ0n) is 17.1. The van der Waals surface area contributed by atoms with Crippen molar-refractivity contribution in [2.24, 2.45) is 4.99 Å². The molecule has 1 aromatic carbocycles. The van der Waals surface area contributed by atoms with Crippen molar-refractivity contribution in [2.75, 3.05) is 12.4 Å². The zero-order valence-corrected chi connectivity index (χ0v) is 17.9. The van der Waals surface area contributed by atoms with Crippen LogP contribution in [-0.4, -0.2) is 28.1 Å². The minimum Gasteiger partial charge on any atom is -0.497 e. The van der Waals surface area contributed by atoms with E-state index in [-0.39, 0.29) is 0 Å². The number of furan rings is 1. The van der Waals surface area contributed by atoms with Crippen molar-refractivity contribution < 1.29 is 9.15 Å². The van der Waals surface area contributed by atoms with Crippen molar-refractivity contribution in [1.82, 2.24) is 20.6 Å². The molecule has 0 amide bonds. The highest BCUT2D eigenvalue weighted by atomic mass is 32.1. The Labute approximate surface area is 180 Å². The Balaban J connectivity index is 1.71. The summed E-state index contributed by atoms with van der Waals surface area (Å²) in [5, 5.41) is 9.68. The molecule has 3 N–H and O–H groups in total. The molecule has 2 aromatic heterocycles. The van der Waals surface area contributed by atoms with Gasteiger partial charge in [-0.1, -0.05) is 12.1 Å². The number of aliphatic imine (C=N–C) groups is 1. The van der Waals surface area contributed by atoms with Crippen molar-refractivity contribution in [1.29, 1.82) is 0 Å². The fraction of sp³-hybridized carbons (Fsp3) is 0.238. The molecule has 0 atom stereocenters. The minimum atomic E-state index is 0.400. The number of thiocarbonyl (C=S) groups is 1. The quantitative estimate of drug-likeness (QED) is 0.315. The van der Waals surface area contributed by atoms with E-state index in [1.807, 2.05) is 56.3 Å². The predicted molar refractivity (Wildman–Crippen MR) is 121 cm³/mol. The van der Waals surface area contributed by atoms with Crippen molar-refractivity contribution in [3.63, 3.8) is 0 Å². The summed E-state index contributed by atoms with van der Waals surface area (Å²) < 4.78 is 10.5. The van der Waals surface area contributed by atoms with Gasteiger partial charge in [0, 0.05) is 11.4 Å². The molecule has 9 heteroatoms. The van der Waals surface area contributed by atoms with E-state index in [1.54, 1.807) is 13.4 Å². The van der Waals surface area contributed by atoms with Crippen LogP contribution in [0.25, 0.3) is 0 Å². The standard InChI is InChI=1S/C21H24N6O2S/c1-14-11-15(2)25-20(24-14)26-19(22-12-16-6-8-17(28-3)9-7-16)27-21(30)23-13-18-5-4-10-29-18/h4-11H,12-13H2,1-3H3,(H3,22,23,24,25,26,27,30). The summed E-state index contributed by atoms with van der Waals surface area (Å²) in [4.78, 5) is 13.4. The molecule has 0 unspecified atom stereocenters. The highest BCUT2D eigenvalue weighted by Gasteiger charge is 2.08. The highest BCUT2D eigenvalue weighted by molar-refractivity contribution is 7.80. The molecule has 3 aromatic rings. The van der Waals surface area contributed by atoms with Gasteiger partial charge in [0.2, 0.25) is 11.9 Å². The van der Waals surface area contributed by atoms with Gasteiger partial charge in [-0.05, 0) is 62.0 Å². The van der Waals surface area contributed by atoms with Gasteiger partial charge in [-0.15, -0.1) is 0 Å². The third-order valence-corrected chi connectivity index (χ3v) is 4.27. The van der Waals surface area contributed by atoms with E-state index in [4.69, 9.17) is 21.4 Å². The fourth-order valence-electron chi connectivity index (χ4n) is 2.63. The lowest BCUT2D eigenvalue weighted by atomic mass is 10.2. The molecule has 0 spiro atoms. The van der Waals surface area contributed by atoms with E-state index in [2.05, 4.69) is 30.9 Å². The summed E-state index contributed by atoms with van der Waals surface area (Å²) in [6, 6.07) is 13.3. The molecule has 0 aliphatic heterocycles. The molecule has 2 heterocycles. The first-order valence-corrected chi connectivity index (χ1v) is 9.76. The van der Waals surface area contributed by atoms with Gasteiger partial charge in [0.05, 0.1) is 26.5 Å². The lowest BCUT2D eigenvalue weighted by Crippen LogP contribution is -2.42. The Kier molecular flexibility index (Phi) is 7.34. The average molecular weight is 425 g/mol. The molecule has 30 heavy (non-hydrogen) atoms. The Morgan fingerprint density at radius 1 is 1.13 bits per heavy atom. The van der Waals surface area contributed by atoms with Crippen LogP contribution in [-0.2, 0) is 13.1 Å². The van der Waals surface area contributed by atoms with Crippen molar-refractivity contribution in [3.05, 3.63) is 71.4 Å². The van der Waals surface area contributed by atoms with Gasteiger partial charge in [0.1, 0.15) is 11.5 Å². The summed E-state index contributed by atoms with van der Waals surface area (Å²) >= 11 is 5.39. The molecule has 0 aliphatic rings. The van der Waals surface area contributed by atoms with Crippen molar-refractivity contribution in [3.8, 4) is 5.75 Å². The minimum absolute atomic E-state index is 0.400. The Morgan fingerprint density at radius 2 is 1.87 bits per heavy atom. The summed E-state index contributed by atoms with van der Waals surface area (Å²) in [7, 11) is 1.64. The number of aromatic nitrogens is 2. The average Bonchev–Trinajstić information content (AvgIpc) is 3.24. The van der Waals surface area contributed by atoms with E-state index in [0.717, 1.165) is 28.5 Å². The lowest BCUT2D eigenvalue weighted by Gasteiger charge is -2.14. The number of nitrogens with zero attached hydrogens (tertiary/aromatic N) is 3. The van der Waals surface area contributed by atoms with Crippen LogP contribution in [0.2, 0.25) is 0 Å². The van der Waals surface area contributed by atoms with Crippen LogP contribution in [0.1, 0.15) is 22.7 Å². The molecule has 0 bridgehead atoms. The van der Waals surface area contributed by atoms with Crippen LogP contribution in [0, 0.1) is 13.8 Å². The van der Waals surface area contributed by atoms with Crippen LogP contribution in [0.5, 0.6) is 5.75 Å². The van der Waals surface area contributed by atoms with Gasteiger partial charge in [0.15, 0.2) is 5.11 Å². The number of nitrogens with one attached hydrogen (secondary N) is 3. The third-order valence-electron chi connectivity index (χ3n) is 4.03. The fourth-order valence-corrected chi connectivity index (χ4v) is 2.80. The number of methoxy groups -OCH3 is 1. The molecular formula is C21H24N6O2S. The first-order valence-electron chi connectivity index (χ1n) is 9.36. The molecule has 0 aliphatic carbocycles. The number of ether oxygens (including phenoxy) is 1. The van der Waals surface area contributed by atoms with Gasteiger partial charge in [-0.3, -0.25) is 5.32 Å². The van der Waals surface area contributed by atoms with Gasteiger partial charge in [0.25, 0.3) is 0 Å². The van der Waals surface area contributed by atoms with Gasteiger partial charge in [-0.2, -0.15) is 0 Å². The van der Waals surface area contributed by atoms with Crippen LogP contribution >= 0.6 is 12.2 Å². The van der Waals surface area contributed by atoms with E-state index in [0.29, 0.717) is 30.1 Å². The third kappa shape index (κ3) is 6.56. The van der Waals surface area contributed by atoms with Crippen LogP contribution in [0.3, 0.4) is 0 Å². The van der Waals surface area contributed by atoms with Crippen LogP contribution < -0.4 is 20.7 Å². The molecule has 0 fully saturated rings. The monoisotopic (exact) mass is 424 g/mol. The first-order chi connectivity index (χ1) is 14.5. The number of hydrogen-bond acceptors (Lipinski definition) is 6. The van der Waals surface area contributed by atoms with E-state index < -0.39 is 0 Å². The van der Waals surface area contributed by atoms with Gasteiger partial charge in [-0.25, -0.2) is 15.0 Å². The second-order valence-electron chi connectivity index (χ2n) is 6.50. The molecule has 3 rings (SSSR count). The molecular weight excluding hydrogens is 400 g/mol. The SMILES string of the molecule is COc1ccc(CN=C(NC(=S)NCc2ccco2)Nc2nc(C)cc(C)n2)cc1. The van der Waals surface area contributed by atoms with Gasteiger partial charge >= 0.3 is 0 Å². The van der Waals surface area contributed by atoms with Crippen LogP contribution in [0.4, 0.5) is 5.95 Å². The number of anilines is 1. The molecule has 0 saturated carbocycles. The maximum Gasteiger partial charge on any atom is 0.229 e. The van der Waals surface area contributed by atoms with Crippen molar-refractivity contribution in [2.45, 2.75) is 26.9 Å². The van der Waals surface area contributed by atoms with E-state index in [9.17, 15) is 0 Å². The largest absolute Gasteiger partial charge is 0.497 e. The number of hydrogen-bond donors (Lipinski definition) is 3. The lowest BCUT2D eigenvalue weighted by molar-refractivity contribution is 0.414. The molecule has 0 saturated heterocycles. The number of benzene rings is 1. The zero-order chi connectivity index (χ0) is 21.3. The Morgan fingerprint density at radius 3 is 2.50 bits per heavy atom. The topological polar surface area (TPSA) is 96.6 Å². The Hall–Kier alpha value is -3.46. The normalized spacial score (nSPS) is 11.1. The van der Waals surface area contributed by atoms with E-state index in [1.165, 1.54) is 0 Å². The maximum absolute atomic E-state index is 5.39. The molecule has 0 radical (unpaired) electrons. The number of guanidine groups is 1. The first kappa shape index (κ1) is 21.3. The maximum atomic E-state index is 5.39. The summed E-state index contributed by atoms with van der Waals surface area (Å²) in [6.45, 7) is 4.73. The number of rotatable bonds is 6. The molecule has 8 nitrogen and oxygen atoms in total. The number of aryl methyl sites for hydroxylation is 2. The summed E-state index contributed by atoms with van der Waals surface area (Å²) in [5.41, 5.74) is 2.74. The second kappa shape index (κ2) is 10.4. The van der Waals surface area contributed by atoms with Crippen LogP contribution in [0.15, 0.2) is 58.1 Å². The summed E-state index contributed by atoms with van der Waals surface area (Å²) in [5.74, 6) is 2.46. The predicted octanol–water partition coefficient (Wildman–Crippen LogP) is 3.33.